The van der Waals surface area contributed by atoms with Crippen molar-refractivity contribution < 1.29 is 17.9 Å². The summed E-state index contributed by atoms with van der Waals surface area (Å²) in [6, 6.07) is 18.5. The molecule has 2 N–H and O–H groups in total. The number of hydrogen-bond acceptors (Lipinski definition) is 7. The van der Waals surface area contributed by atoms with E-state index in [1.807, 2.05) is 30.3 Å². The molecule has 1 atom stereocenters. The van der Waals surface area contributed by atoms with Crippen molar-refractivity contribution >= 4 is 43.2 Å². The number of aromatic nitrogens is 2. The van der Waals surface area contributed by atoms with Crippen molar-refractivity contribution in [2.75, 3.05) is 12.4 Å². The number of anilines is 1. The fourth-order valence-corrected chi connectivity index (χ4v) is 5.30. The van der Waals surface area contributed by atoms with E-state index in [-0.39, 0.29) is 10.0 Å². The van der Waals surface area contributed by atoms with Gasteiger partial charge in [-0.15, -0.1) is 10.2 Å². The minimum Gasteiger partial charge on any atom is -0.497 e. The van der Waals surface area contributed by atoms with Gasteiger partial charge in [-0.05, 0) is 42.6 Å². The third kappa shape index (κ3) is 4.62. The van der Waals surface area contributed by atoms with Crippen LogP contribution in [0.1, 0.15) is 6.92 Å². The van der Waals surface area contributed by atoms with Gasteiger partial charge in [0.15, 0.2) is 0 Å². The number of carbonyl (C=O) groups excluding carboxylic acids is 1. The van der Waals surface area contributed by atoms with E-state index in [1.165, 1.54) is 24.3 Å². The third-order valence-electron chi connectivity index (χ3n) is 4.76. The van der Waals surface area contributed by atoms with E-state index >= 15 is 0 Å². The molecule has 0 bridgehead atoms. The Morgan fingerprint density at radius 2 is 1.72 bits per heavy atom. The molecule has 164 valence electrons. The maximum atomic E-state index is 12.9. The van der Waals surface area contributed by atoms with Crippen LogP contribution in [0, 0.1) is 0 Å². The molecule has 0 saturated heterocycles. The SMILES string of the molecule is COc1ccc(-c2nnc(NC(=O)[C@H](C)NS(=O)(=O)c3cccc4ccccc34)s2)cc1. The van der Waals surface area contributed by atoms with Crippen LogP contribution in [0.4, 0.5) is 5.13 Å². The van der Waals surface area contributed by atoms with Crippen molar-refractivity contribution in [3.63, 3.8) is 0 Å². The highest BCUT2D eigenvalue weighted by molar-refractivity contribution is 7.89. The first kappa shape index (κ1) is 21.9. The van der Waals surface area contributed by atoms with E-state index in [9.17, 15) is 13.2 Å². The van der Waals surface area contributed by atoms with Crippen LogP contribution in [-0.4, -0.2) is 37.7 Å². The zero-order valence-electron chi connectivity index (χ0n) is 17.3. The number of carbonyl (C=O) groups is 1. The summed E-state index contributed by atoms with van der Waals surface area (Å²) in [5, 5.41) is 13.0. The van der Waals surface area contributed by atoms with Crippen LogP contribution in [0.3, 0.4) is 0 Å². The number of rotatable bonds is 7. The lowest BCUT2D eigenvalue weighted by Gasteiger charge is -2.14. The molecule has 4 rings (SSSR count). The van der Waals surface area contributed by atoms with Gasteiger partial charge in [0.05, 0.1) is 18.0 Å². The van der Waals surface area contributed by atoms with Crippen molar-refractivity contribution in [3.8, 4) is 16.3 Å². The van der Waals surface area contributed by atoms with Crippen LogP contribution >= 0.6 is 11.3 Å². The number of sulfonamides is 1. The van der Waals surface area contributed by atoms with E-state index in [1.54, 1.807) is 37.4 Å². The Morgan fingerprint density at radius 3 is 2.47 bits per heavy atom. The number of ether oxygens (including phenoxy) is 1. The number of methoxy groups -OCH3 is 1. The maximum Gasteiger partial charge on any atom is 0.244 e. The number of hydrogen-bond donors (Lipinski definition) is 2. The van der Waals surface area contributed by atoms with Crippen LogP contribution in [0.15, 0.2) is 71.6 Å². The number of nitrogens with zero attached hydrogens (tertiary/aromatic N) is 2. The summed E-state index contributed by atoms with van der Waals surface area (Å²) in [7, 11) is -2.34. The Balaban J connectivity index is 1.46. The van der Waals surface area contributed by atoms with Crippen molar-refractivity contribution in [2.24, 2.45) is 0 Å². The van der Waals surface area contributed by atoms with Gasteiger partial charge in [0, 0.05) is 10.9 Å². The third-order valence-corrected chi connectivity index (χ3v) is 7.24. The van der Waals surface area contributed by atoms with Crippen molar-refractivity contribution in [2.45, 2.75) is 17.9 Å². The summed E-state index contributed by atoms with van der Waals surface area (Å²) in [4.78, 5) is 12.7. The molecule has 0 spiro atoms. The largest absolute Gasteiger partial charge is 0.497 e. The molecule has 8 nitrogen and oxygen atoms in total. The number of benzene rings is 3. The van der Waals surface area contributed by atoms with Gasteiger partial charge in [0.1, 0.15) is 10.8 Å². The van der Waals surface area contributed by atoms with E-state index in [0.717, 1.165) is 16.7 Å². The molecule has 0 aliphatic heterocycles. The van der Waals surface area contributed by atoms with Crippen LogP contribution in [0.2, 0.25) is 0 Å². The number of nitrogens with one attached hydrogen (secondary N) is 2. The summed E-state index contributed by atoms with van der Waals surface area (Å²) in [5.74, 6) is 0.185. The van der Waals surface area contributed by atoms with Crippen LogP contribution in [-0.2, 0) is 14.8 Å². The number of amides is 1. The topological polar surface area (TPSA) is 110 Å². The Kier molecular flexibility index (Phi) is 6.17. The highest BCUT2D eigenvalue weighted by Crippen LogP contribution is 2.28. The van der Waals surface area contributed by atoms with Crippen molar-refractivity contribution in [1.29, 1.82) is 0 Å². The first-order valence-electron chi connectivity index (χ1n) is 9.66. The summed E-state index contributed by atoms with van der Waals surface area (Å²) in [6.07, 6.45) is 0. The molecule has 0 unspecified atom stereocenters. The molecule has 4 aromatic rings. The Labute approximate surface area is 189 Å². The predicted molar refractivity (Wildman–Crippen MR) is 124 cm³/mol. The zero-order chi connectivity index (χ0) is 22.7. The van der Waals surface area contributed by atoms with Gasteiger partial charge in [-0.3, -0.25) is 10.1 Å². The molecule has 0 aliphatic rings. The van der Waals surface area contributed by atoms with Gasteiger partial charge in [0.2, 0.25) is 21.1 Å². The minimum absolute atomic E-state index is 0.118. The predicted octanol–water partition coefficient (Wildman–Crippen LogP) is 3.67. The molecule has 0 saturated carbocycles. The summed E-state index contributed by atoms with van der Waals surface area (Å²) in [5.41, 5.74) is 0.827. The molecule has 3 aromatic carbocycles. The highest BCUT2D eigenvalue weighted by atomic mass is 32.2. The van der Waals surface area contributed by atoms with Crippen LogP contribution in [0.5, 0.6) is 5.75 Å². The minimum atomic E-state index is -3.92. The lowest BCUT2D eigenvalue weighted by Crippen LogP contribution is -2.41. The van der Waals surface area contributed by atoms with E-state index in [4.69, 9.17) is 4.74 Å². The molecule has 32 heavy (non-hydrogen) atoms. The van der Waals surface area contributed by atoms with Gasteiger partial charge in [0.25, 0.3) is 0 Å². The molecule has 1 aromatic heterocycles. The van der Waals surface area contributed by atoms with Gasteiger partial charge in [-0.1, -0.05) is 47.7 Å². The lowest BCUT2D eigenvalue weighted by molar-refractivity contribution is -0.117. The molecule has 0 fully saturated rings. The average molecular weight is 469 g/mol. The second-order valence-electron chi connectivity index (χ2n) is 6.95. The molecule has 1 amide bonds. The number of fused-ring (bicyclic) bond motifs is 1. The smallest absolute Gasteiger partial charge is 0.244 e. The second-order valence-corrected chi connectivity index (χ2v) is 9.61. The quantitative estimate of drug-likeness (QED) is 0.428. The summed E-state index contributed by atoms with van der Waals surface area (Å²) < 4.78 is 33.4. The van der Waals surface area contributed by atoms with Crippen LogP contribution in [0.25, 0.3) is 21.3 Å². The standard InChI is InChI=1S/C22H20N4O4S2/c1-14(26-32(28,29)19-9-5-7-15-6-3-4-8-18(15)19)20(27)23-22-25-24-21(31-22)16-10-12-17(30-2)13-11-16/h3-14,26H,1-2H3,(H,23,25,27)/t14-/m0/s1. The van der Waals surface area contributed by atoms with E-state index in [2.05, 4.69) is 20.2 Å². The molecular formula is C22H20N4O4S2. The van der Waals surface area contributed by atoms with Gasteiger partial charge in [-0.25, -0.2) is 8.42 Å². The van der Waals surface area contributed by atoms with Gasteiger partial charge < -0.3 is 4.74 Å². The first-order valence-corrected chi connectivity index (χ1v) is 12.0. The Morgan fingerprint density at radius 1 is 1.00 bits per heavy atom. The van der Waals surface area contributed by atoms with Crippen molar-refractivity contribution in [3.05, 3.63) is 66.7 Å². The summed E-state index contributed by atoms with van der Waals surface area (Å²) in [6.45, 7) is 1.48. The van der Waals surface area contributed by atoms with Crippen molar-refractivity contribution in [1.82, 2.24) is 14.9 Å². The Bertz CT molecular complexity index is 1360. The molecular weight excluding hydrogens is 448 g/mol. The summed E-state index contributed by atoms with van der Waals surface area (Å²) >= 11 is 1.19. The average Bonchev–Trinajstić information content (AvgIpc) is 3.26. The zero-order valence-corrected chi connectivity index (χ0v) is 18.9. The normalized spacial score (nSPS) is 12.4. The van der Waals surface area contributed by atoms with Gasteiger partial charge >= 0.3 is 0 Å². The van der Waals surface area contributed by atoms with Gasteiger partial charge in [-0.2, -0.15) is 4.72 Å². The van der Waals surface area contributed by atoms with E-state index in [0.29, 0.717) is 10.4 Å². The monoisotopic (exact) mass is 468 g/mol. The van der Waals surface area contributed by atoms with E-state index < -0.39 is 22.0 Å². The molecule has 0 radical (unpaired) electrons. The highest BCUT2D eigenvalue weighted by Gasteiger charge is 2.24. The fraction of sp³-hybridized carbons (Fsp3) is 0.136. The fourth-order valence-electron chi connectivity index (χ4n) is 3.12. The second kappa shape index (κ2) is 9.03. The lowest BCUT2D eigenvalue weighted by atomic mass is 10.1. The molecule has 1 heterocycles. The Hall–Kier alpha value is -3.34. The maximum absolute atomic E-state index is 12.9. The van der Waals surface area contributed by atoms with Crippen LogP contribution < -0.4 is 14.8 Å². The first-order chi connectivity index (χ1) is 15.4. The molecule has 0 aliphatic carbocycles. The molecule has 10 heteroatoms.